The number of phenolic OH excluding ortho intramolecular Hbond substituents is 1. The van der Waals surface area contributed by atoms with Crippen molar-refractivity contribution in [3.63, 3.8) is 0 Å². The molecule has 0 unspecified atom stereocenters. The number of nitrogens with zero attached hydrogens (tertiary/aromatic N) is 1. The van der Waals surface area contributed by atoms with Gasteiger partial charge in [-0.25, -0.2) is 0 Å². The lowest BCUT2D eigenvalue weighted by molar-refractivity contribution is 0.137. The Morgan fingerprint density at radius 2 is 2.05 bits per heavy atom. The highest BCUT2D eigenvalue weighted by atomic mass is 16.5. The zero-order valence-corrected chi connectivity index (χ0v) is 13.5. The molecule has 0 bridgehead atoms. The molecule has 1 aromatic rings. The summed E-state index contributed by atoms with van der Waals surface area (Å²) < 4.78 is 5.42. The molecule has 1 aromatic carbocycles. The number of nitrogens with one attached hydrogen (secondary N) is 1. The fourth-order valence-corrected chi connectivity index (χ4v) is 2.78. The van der Waals surface area contributed by atoms with Gasteiger partial charge in [0.25, 0.3) is 0 Å². The summed E-state index contributed by atoms with van der Waals surface area (Å²) >= 11 is 0. The van der Waals surface area contributed by atoms with Crippen molar-refractivity contribution in [3.05, 3.63) is 23.8 Å². The van der Waals surface area contributed by atoms with Gasteiger partial charge in [0.05, 0.1) is 6.61 Å². The van der Waals surface area contributed by atoms with Gasteiger partial charge in [-0.3, -0.25) is 0 Å². The predicted octanol–water partition coefficient (Wildman–Crippen LogP) is 2.61. The summed E-state index contributed by atoms with van der Waals surface area (Å²) in [5.74, 6) is 0.783. The van der Waals surface area contributed by atoms with Gasteiger partial charge in [0.15, 0.2) is 11.5 Å². The van der Waals surface area contributed by atoms with E-state index in [0.717, 1.165) is 18.7 Å². The number of phenols is 1. The fourth-order valence-electron chi connectivity index (χ4n) is 2.78. The number of hydrogen-bond donors (Lipinski definition) is 2. The molecule has 4 heteroatoms. The molecule has 0 aromatic heterocycles. The van der Waals surface area contributed by atoms with Crippen molar-refractivity contribution in [2.24, 2.45) is 5.41 Å². The van der Waals surface area contributed by atoms with Crippen LogP contribution in [0.1, 0.15) is 32.3 Å². The molecule has 2 N–H and O–H groups in total. The van der Waals surface area contributed by atoms with E-state index in [1.54, 1.807) is 6.07 Å². The van der Waals surface area contributed by atoms with Crippen LogP contribution in [0.4, 0.5) is 0 Å². The van der Waals surface area contributed by atoms with Gasteiger partial charge in [0.1, 0.15) is 0 Å². The quantitative estimate of drug-likeness (QED) is 0.846. The first kappa shape index (κ1) is 16.1. The third kappa shape index (κ3) is 4.61. The van der Waals surface area contributed by atoms with Crippen LogP contribution in [0, 0.1) is 5.41 Å². The first-order valence-corrected chi connectivity index (χ1v) is 7.86. The van der Waals surface area contributed by atoms with E-state index in [1.807, 2.05) is 19.1 Å². The Kier molecular flexibility index (Phi) is 5.48. The van der Waals surface area contributed by atoms with Gasteiger partial charge in [-0.2, -0.15) is 0 Å². The molecule has 1 heterocycles. The van der Waals surface area contributed by atoms with E-state index in [4.69, 9.17) is 4.74 Å². The zero-order chi connectivity index (χ0) is 15.3. The Labute approximate surface area is 128 Å². The molecular formula is C17H28N2O2. The molecular weight excluding hydrogens is 264 g/mol. The summed E-state index contributed by atoms with van der Waals surface area (Å²) in [7, 11) is 2.19. The minimum absolute atomic E-state index is 0.211. The lowest BCUT2D eigenvalue weighted by Crippen LogP contribution is -2.41. The molecule has 1 fully saturated rings. The monoisotopic (exact) mass is 292 g/mol. The second-order valence-corrected chi connectivity index (χ2v) is 6.45. The minimum atomic E-state index is 0.211. The highest BCUT2D eigenvalue weighted by Gasteiger charge is 2.28. The molecule has 118 valence electrons. The SMILES string of the molecule is CCOc1cc(CNCC2(C)CCN(C)CC2)ccc1O. The molecule has 0 spiro atoms. The molecule has 0 aliphatic carbocycles. The van der Waals surface area contributed by atoms with Crippen LogP contribution >= 0.6 is 0 Å². The molecule has 0 saturated carbocycles. The summed E-state index contributed by atoms with van der Waals surface area (Å²) in [5.41, 5.74) is 1.54. The third-order valence-corrected chi connectivity index (χ3v) is 4.40. The Morgan fingerprint density at radius 1 is 1.33 bits per heavy atom. The van der Waals surface area contributed by atoms with E-state index in [2.05, 4.69) is 24.2 Å². The molecule has 4 nitrogen and oxygen atoms in total. The number of ether oxygens (including phenoxy) is 1. The van der Waals surface area contributed by atoms with Gasteiger partial charge in [0, 0.05) is 13.1 Å². The highest BCUT2D eigenvalue weighted by molar-refractivity contribution is 5.41. The number of benzene rings is 1. The number of aromatic hydroxyl groups is 1. The van der Waals surface area contributed by atoms with Crippen molar-refractivity contribution in [1.82, 2.24) is 10.2 Å². The fraction of sp³-hybridized carbons (Fsp3) is 0.647. The van der Waals surface area contributed by atoms with Crippen molar-refractivity contribution in [2.75, 3.05) is 33.3 Å². The van der Waals surface area contributed by atoms with Crippen molar-refractivity contribution in [3.8, 4) is 11.5 Å². The van der Waals surface area contributed by atoms with E-state index in [1.165, 1.54) is 25.9 Å². The second-order valence-electron chi connectivity index (χ2n) is 6.45. The Balaban J connectivity index is 1.84. The smallest absolute Gasteiger partial charge is 0.161 e. The standard InChI is InChI=1S/C17H28N2O2/c1-4-21-16-11-14(5-6-15(16)20)12-18-13-17(2)7-9-19(3)10-8-17/h5-6,11,18,20H,4,7-10,12-13H2,1-3H3. The molecule has 1 aliphatic heterocycles. The number of piperidine rings is 1. The average molecular weight is 292 g/mol. The highest BCUT2D eigenvalue weighted by Crippen LogP contribution is 2.30. The van der Waals surface area contributed by atoms with Crippen LogP contribution in [-0.2, 0) is 6.54 Å². The van der Waals surface area contributed by atoms with E-state index >= 15 is 0 Å². The summed E-state index contributed by atoms with van der Waals surface area (Å²) in [6, 6.07) is 5.57. The van der Waals surface area contributed by atoms with E-state index < -0.39 is 0 Å². The first-order chi connectivity index (χ1) is 10.0. The summed E-state index contributed by atoms with van der Waals surface area (Å²) in [5, 5.41) is 13.3. The molecule has 1 aliphatic rings. The van der Waals surface area contributed by atoms with Crippen LogP contribution in [-0.4, -0.2) is 43.3 Å². The largest absolute Gasteiger partial charge is 0.504 e. The van der Waals surface area contributed by atoms with Crippen molar-refractivity contribution in [2.45, 2.75) is 33.2 Å². The van der Waals surface area contributed by atoms with Crippen molar-refractivity contribution in [1.29, 1.82) is 0 Å². The molecule has 21 heavy (non-hydrogen) atoms. The van der Waals surface area contributed by atoms with Crippen LogP contribution in [0.15, 0.2) is 18.2 Å². The summed E-state index contributed by atoms with van der Waals surface area (Å²) in [4.78, 5) is 2.40. The van der Waals surface area contributed by atoms with Crippen LogP contribution in [0.3, 0.4) is 0 Å². The normalized spacial score (nSPS) is 18.6. The van der Waals surface area contributed by atoms with E-state index in [9.17, 15) is 5.11 Å². The minimum Gasteiger partial charge on any atom is -0.504 e. The first-order valence-electron chi connectivity index (χ1n) is 7.86. The number of likely N-dealkylation sites (tertiary alicyclic amines) is 1. The Hall–Kier alpha value is -1.26. The third-order valence-electron chi connectivity index (χ3n) is 4.40. The molecule has 1 saturated heterocycles. The Morgan fingerprint density at radius 3 is 2.71 bits per heavy atom. The molecule has 0 radical (unpaired) electrons. The zero-order valence-electron chi connectivity index (χ0n) is 13.5. The van der Waals surface area contributed by atoms with Gasteiger partial charge >= 0.3 is 0 Å². The van der Waals surface area contributed by atoms with Crippen LogP contribution < -0.4 is 10.1 Å². The predicted molar refractivity (Wildman–Crippen MR) is 85.8 cm³/mol. The van der Waals surface area contributed by atoms with Gasteiger partial charge < -0.3 is 20.1 Å². The molecule has 0 atom stereocenters. The Bertz CT molecular complexity index is 454. The second kappa shape index (κ2) is 7.14. The number of hydrogen-bond acceptors (Lipinski definition) is 4. The maximum atomic E-state index is 9.71. The van der Waals surface area contributed by atoms with E-state index in [-0.39, 0.29) is 5.75 Å². The topological polar surface area (TPSA) is 44.7 Å². The van der Waals surface area contributed by atoms with Gasteiger partial charge in [-0.1, -0.05) is 13.0 Å². The maximum absolute atomic E-state index is 9.71. The molecule has 0 amide bonds. The lowest BCUT2D eigenvalue weighted by atomic mass is 9.80. The van der Waals surface area contributed by atoms with Crippen molar-refractivity contribution >= 4 is 0 Å². The van der Waals surface area contributed by atoms with Crippen LogP contribution in [0.5, 0.6) is 11.5 Å². The lowest BCUT2D eigenvalue weighted by Gasteiger charge is -2.38. The van der Waals surface area contributed by atoms with Crippen LogP contribution in [0.25, 0.3) is 0 Å². The van der Waals surface area contributed by atoms with Gasteiger partial charge in [0.2, 0.25) is 0 Å². The van der Waals surface area contributed by atoms with E-state index in [0.29, 0.717) is 17.8 Å². The maximum Gasteiger partial charge on any atom is 0.161 e. The molecule has 2 rings (SSSR count). The number of rotatable bonds is 6. The summed E-state index contributed by atoms with van der Waals surface area (Å²) in [6.07, 6.45) is 2.49. The van der Waals surface area contributed by atoms with Gasteiger partial charge in [-0.05, 0) is 63.0 Å². The van der Waals surface area contributed by atoms with Gasteiger partial charge in [-0.15, -0.1) is 0 Å². The average Bonchev–Trinajstić information content (AvgIpc) is 2.46. The van der Waals surface area contributed by atoms with Crippen LogP contribution in [0.2, 0.25) is 0 Å². The van der Waals surface area contributed by atoms with Crippen molar-refractivity contribution < 1.29 is 9.84 Å². The summed E-state index contributed by atoms with van der Waals surface area (Å²) in [6.45, 7) is 9.08.